The summed E-state index contributed by atoms with van der Waals surface area (Å²) in [6, 6.07) is -0.144. The third-order valence-corrected chi connectivity index (χ3v) is 1.77. The van der Waals surface area contributed by atoms with Crippen molar-refractivity contribution in [3.63, 3.8) is 0 Å². The summed E-state index contributed by atoms with van der Waals surface area (Å²) < 4.78 is 36.9. The lowest BCUT2D eigenvalue weighted by Crippen LogP contribution is -2.31. The van der Waals surface area contributed by atoms with E-state index in [0.717, 1.165) is 6.20 Å². The number of amides is 1. The average Bonchev–Trinajstić information content (AvgIpc) is 2.41. The van der Waals surface area contributed by atoms with Gasteiger partial charge in [-0.1, -0.05) is 0 Å². The van der Waals surface area contributed by atoms with Gasteiger partial charge in [0.2, 0.25) is 0 Å². The summed E-state index contributed by atoms with van der Waals surface area (Å²) in [4.78, 5) is 11.5. The third-order valence-electron chi connectivity index (χ3n) is 1.77. The number of nitrogens with zero attached hydrogens (tertiary/aromatic N) is 2. The van der Waals surface area contributed by atoms with Gasteiger partial charge in [-0.2, -0.15) is 18.3 Å². The molecule has 0 atom stereocenters. The molecule has 0 radical (unpaired) electrons. The van der Waals surface area contributed by atoms with Crippen molar-refractivity contribution in [1.82, 2.24) is 15.1 Å². The SMILES string of the molecule is CC(C)NC(=O)c1nn(CC(F)(F)F)cc1N. The van der Waals surface area contributed by atoms with Crippen LogP contribution in [0.1, 0.15) is 24.3 Å². The van der Waals surface area contributed by atoms with Crippen LogP contribution >= 0.6 is 0 Å². The van der Waals surface area contributed by atoms with Crippen LogP contribution < -0.4 is 11.1 Å². The summed E-state index contributed by atoms with van der Waals surface area (Å²) in [6.45, 7) is 2.17. The highest BCUT2D eigenvalue weighted by Gasteiger charge is 2.29. The first-order chi connectivity index (χ1) is 7.69. The van der Waals surface area contributed by atoms with Crippen molar-refractivity contribution >= 4 is 11.6 Å². The number of alkyl halides is 3. The second-order valence-electron chi connectivity index (χ2n) is 3.87. The molecule has 17 heavy (non-hydrogen) atoms. The summed E-state index contributed by atoms with van der Waals surface area (Å²) in [6.07, 6.45) is -3.41. The summed E-state index contributed by atoms with van der Waals surface area (Å²) in [5.74, 6) is -0.585. The number of anilines is 1. The highest BCUT2D eigenvalue weighted by atomic mass is 19.4. The fourth-order valence-corrected chi connectivity index (χ4v) is 1.21. The Labute approximate surface area is 95.8 Å². The molecule has 1 rings (SSSR count). The van der Waals surface area contributed by atoms with E-state index >= 15 is 0 Å². The number of hydrogen-bond donors (Lipinski definition) is 2. The lowest BCUT2D eigenvalue weighted by Gasteiger charge is -2.07. The van der Waals surface area contributed by atoms with Crippen LogP contribution in [0.4, 0.5) is 18.9 Å². The Morgan fingerprint density at radius 2 is 2.18 bits per heavy atom. The normalized spacial score (nSPS) is 11.9. The van der Waals surface area contributed by atoms with Crippen LogP contribution in [0, 0.1) is 0 Å². The molecule has 0 spiro atoms. The van der Waals surface area contributed by atoms with Crippen LogP contribution in [-0.4, -0.2) is 27.9 Å². The molecule has 0 bridgehead atoms. The van der Waals surface area contributed by atoms with Crippen LogP contribution in [0.2, 0.25) is 0 Å². The second-order valence-corrected chi connectivity index (χ2v) is 3.87. The minimum absolute atomic E-state index is 0.0765. The van der Waals surface area contributed by atoms with Crippen molar-refractivity contribution in [2.24, 2.45) is 0 Å². The number of rotatable bonds is 3. The summed E-state index contributed by atoms with van der Waals surface area (Å²) >= 11 is 0. The Hall–Kier alpha value is -1.73. The molecule has 1 heterocycles. The lowest BCUT2D eigenvalue weighted by atomic mass is 10.3. The number of aromatic nitrogens is 2. The van der Waals surface area contributed by atoms with Gasteiger partial charge >= 0.3 is 6.18 Å². The zero-order valence-electron chi connectivity index (χ0n) is 9.38. The summed E-state index contributed by atoms with van der Waals surface area (Å²) in [5, 5.41) is 6.01. The Morgan fingerprint density at radius 1 is 1.59 bits per heavy atom. The summed E-state index contributed by atoms with van der Waals surface area (Å²) in [5.41, 5.74) is 5.16. The van der Waals surface area contributed by atoms with Gasteiger partial charge in [0.05, 0.1) is 5.69 Å². The summed E-state index contributed by atoms with van der Waals surface area (Å²) in [7, 11) is 0. The smallest absolute Gasteiger partial charge is 0.396 e. The molecule has 1 aromatic heterocycles. The van der Waals surface area contributed by atoms with Crippen molar-refractivity contribution in [2.45, 2.75) is 32.6 Å². The molecule has 8 heteroatoms. The number of carbonyl (C=O) groups is 1. The molecule has 1 aromatic rings. The van der Waals surface area contributed by atoms with Crippen molar-refractivity contribution < 1.29 is 18.0 Å². The maximum Gasteiger partial charge on any atom is 0.408 e. The zero-order valence-corrected chi connectivity index (χ0v) is 9.38. The molecule has 0 unspecified atom stereocenters. The topological polar surface area (TPSA) is 72.9 Å². The number of hydrogen-bond acceptors (Lipinski definition) is 3. The highest BCUT2D eigenvalue weighted by molar-refractivity contribution is 5.97. The molecule has 0 aliphatic rings. The number of nitrogens with two attached hydrogens (primary N) is 1. The van der Waals surface area contributed by atoms with E-state index in [-0.39, 0.29) is 17.4 Å². The van der Waals surface area contributed by atoms with Gasteiger partial charge in [-0.15, -0.1) is 0 Å². The fraction of sp³-hybridized carbons (Fsp3) is 0.556. The largest absolute Gasteiger partial charge is 0.408 e. The van der Waals surface area contributed by atoms with Crippen LogP contribution in [0.15, 0.2) is 6.20 Å². The molecular weight excluding hydrogens is 237 g/mol. The minimum atomic E-state index is -4.40. The minimum Gasteiger partial charge on any atom is -0.396 e. The molecule has 0 aromatic carbocycles. The first-order valence-corrected chi connectivity index (χ1v) is 4.89. The molecule has 0 saturated heterocycles. The van der Waals surface area contributed by atoms with Gasteiger partial charge in [0.25, 0.3) is 5.91 Å². The molecule has 3 N–H and O–H groups in total. The van der Waals surface area contributed by atoms with E-state index in [4.69, 9.17) is 5.73 Å². The Kier molecular flexibility index (Phi) is 3.64. The zero-order chi connectivity index (χ0) is 13.2. The van der Waals surface area contributed by atoms with E-state index in [1.165, 1.54) is 0 Å². The number of carbonyl (C=O) groups excluding carboxylic acids is 1. The van der Waals surface area contributed by atoms with Crippen molar-refractivity contribution in [1.29, 1.82) is 0 Å². The molecule has 96 valence electrons. The third kappa shape index (κ3) is 3.97. The number of halogens is 3. The van der Waals surface area contributed by atoms with Gasteiger partial charge in [0, 0.05) is 12.2 Å². The lowest BCUT2D eigenvalue weighted by molar-refractivity contribution is -0.142. The van der Waals surface area contributed by atoms with Gasteiger partial charge in [-0.05, 0) is 13.8 Å². The van der Waals surface area contributed by atoms with E-state index in [0.29, 0.717) is 4.68 Å². The van der Waals surface area contributed by atoms with Crippen molar-refractivity contribution in [3.05, 3.63) is 11.9 Å². The van der Waals surface area contributed by atoms with Gasteiger partial charge < -0.3 is 11.1 Å². The average molecular weight is 250 g/mol. The maximum atomic E-state index is 12.1. The standard InChI is InChI=1S/C9H13F3N4O/c1-5(2)14-8(17)7-6(13)3-16(15-7)4-9(10,11)12/h3,5H,4,13H2,1-2H3,(H,14,17). The maximum absolute atomic E-state index is 12.1. The van der Waals surface area contributed by atoms with Crippen LogP contribution in [0.3, 0.4) is 0 Å². The molecule has 1 amide bonds. The first-order valence-electron chi connectivity index (χ1n) is 4.89. The van der Waals surface area contributed by atoms with Crippen LogP contribution in [-0.2, 0) is 6.54 Å². The van der Waals surface area contributed by atoms with Gasteiger partial charge in [-0.25, -0.2) is 0 Å². The Morgan fingerprint density at radius 3 is 2.65 bits per heavy atom. The fourth-order valence-electron chi connectivity index (χ4n) is 1.21. The van der Waals surface area contributed by atoms with E-state index < -0.39 is 18.6 Å². The molecule has 0 fully saturated rings. The van der Waals surface area contributed by atoms with Crippen LogP contribution in [0.25, 0.3) is 0 Å². The monoisotopic (exact) mass is 250 g/mol. The van der Waals surface area contributed by atoms with E-state index in [1.54, 1.807) is 13.8 Å². The van der Waals surface area contributed by atoms with E-state index in [2.05, 4.69) is 10.4 Å². The number of nitrogens with one attached hydrogen (secondary N) is 1. The van der Waals surface area contributed by atoms with E-state index in [9.17, 15) is 18.0 Å². The molecule has 0 saturated carbocycles. The second kappa shape index (κ2) is 4.64. The predicted octanol–water partition coefficient (Wildman–Crippen LogP) is 1.17. The Balaban J connectivity index is 2.85. The molecule has 5 nitrogen and oxygen atoms in total. The Bertz CT molecular complexity index is 411. The van der Waals surface area contributed by atoms with Crippen molar-refractivity contribution in [3.8, 4) is 0 Å². The van der Waals surface area contributed by atoms with Crippen molar-refractivity contribution in [2.75, 3.05) is 5.73 Å². The van der Waals surface area contributed by atoms with E-state index in [1.807, 2.05) is 0 Å². The molecule has 0 aliphatic heterocycles. The number of nitrogen functional groups attached to an aromatic ring is 1. The van der Waals surface area contributed by atoms with Crippen LogP contribution in [0.5, 0.6) is 0 Å². The van der Waals surface area contributed by atoms with Gasteiger partial charge in [-0.3, -0.25) is 9.48 Å². The predicted molar refractivity (Wildman–Crippen MR) is 55.3 cm³/mol. The van der Waals surface area contributed by atoms with Gasteiger partial charge in [0.1, 0.15) is 6.54 Å². The molecule has 0 aliphatic carbocycles. The quantitative estimate of drug-likeness (QED) is 0.845. The highest BCUT2D eigenvalue weighted by Crippen LogP contribution is 2.19. The molecular formula is C9H13F3N4O. The first kappa shape index (κ1) is 13.3. The van der Waals surface area contributed by atoms with Gasteiger partial charge in [0.15, 0.2) is 5.69 Å².